The van der Waals surface area contributed by atoms with Crippen LogP contribution in [0.3, 0.4) is 0 Å². The molecule has 0 saturated carbocycles. The summed E-state index contributed by atoms with van der Waals surface area (Å²) >= 11 is 1.30. The molecule has 0 aliphatic heterocycles. The van der Waals surface area contributed by atoms with Gasteiger partial charge in [0, 0.05) is 29.9 Å². The van der Waals surface area contributed by atoms with Crippen LogP contribution in [0.2, 0.25) is 0 Å². The van der Waals surface area contributed by atoms with Gasteiger partial charge in [0.15, 0.2) is 5.78 Å². The molecule has 0 N–H and O–H groups in total. The van der Waals surface area contributed by atoms with Crippen molar-refractivity contribution in [2.75, 3.05) is 5.75 Å². The number of carbonyl (C=O) groups is 1. The molecule has 6 heteroatoms. The summed E-state index contributed by atoms with van der Waals surface area (Å²) in [6, 6.07) is 12.2. The molecule has 0 amide bonds. The van der Waals surface area contributed by atoms with E-state index < -0.39 is 0 Å². The van der Waals surface area contributed by atoms with Gasteiger partial charge < -0.3 is 8.98 Å². The number of hydrogen-bond acceptors (Lipinski definition) is 5. The molecular formula is C21H25N3O2S. The highest BCUT2D eigenvalue weighted by Crippen LogP contribution is 2.24. The molecule has 1 unspecified atom stereocenters. The van der Waals surface area contributed by atoms with E-state index in [9.17, 15) is 4.79 Å². The zero-order chi connectivity index (χ0) is 19.4. The van der Waals surface area contributed by atoms with Crippen LogP contribution in [0.4, 0.5) is 0 Å². The third-order valence-corrected chi connectivity index (χ3v) is 5.63. The normalized spacial score (nSPS) is 12.3. The van der Waals surface area contributed by atoms with Crippen LogP contribution >= 0.6 is 11.8 Å². The van der Waals surface area contributed by atoms with Crippen molar-refractivity contribution in [3.8, 4) is 0 Å². The van der Waals surface area contributed by atoms with Crippen LogP contribution < -0.4 is 0 Å². The number of hydrogen-bond donors (Lipinski definition) is 0. The maximum Gasteiger partial charge on any atom is 0.277 e. The number of nitrogens with zero attached hydrogens (tertiary/aromatic N) is 3. The molecule has 5 nitrogen and oxygen atoms in total. The number of ketones is 1. The first-order valence-electron chi connectivity index (χ1n) is 9.19. The first-order chi connectivity index (χ1) is 13.0. The van der Waals surface area contributed by atoms with E-state index in [1.54, 1.807) is 0 Å². The highest BCUT2D eigenvalue weighted by atomic mass is 32.2. The van der Waals surface area contributed by atoms with Crippen LogP contribution in [0, 0.1) is 13.8 Å². The van der Waals surface area contributed by atoms with Crippen molar-refractivity contribution in [3.05, 3.63) is 64.8 Å². The van der Waals surface area contributed by atoms with Crippen molar-refractivity contribution in [3.63, 3.8) is 0 Å². The Morgan fingerprint density at radius 2 is 1.96 bits per heavy atom. The molecule has 0 aliphatic carbocycles. The van der Waals surface area contributed by atoms with E-state index in [-0.39, 0.29) is 5.78 Å². The van der Waals surface area contributed by atoms with E-state index in [0.29, 0.717) is 29.2 Å². The lowest BCUT2D eigenvalue weighted by Crippen LogP contribution is -2.05. The molecule has 0 spiro atoms. The average Bonchev–Trinajstić information content (AvgIpc) is 3.24. The molecule has 1 aromatic carbocycles. The van der Waals surface area contributed by atoms with Gasteiger partial charge in [-0.3, -0.25) is 4.79 Å². The second kappa shape index (κ2) is 8.57. The van der Waals surface area contributed by atoms with Crippen molar-refractivity contribution in [2.45, 2.75) is 51.8 Å². The van der Waals surface area contributed by atoms with Crippen LogP contribution in [0.15, 0.2) is 46.0 Å². The molecule has 3 rings (SSSR count). The predicted octanol–water partition coefficient (Wildman–Crippen LogP) is 4.83. The minimum atomic E-state index is 0.0882. The summed E-state index contributed by atoms with van der Waals surface area (Å²) in [5.41, 5.74) is 4.15. The molecule has 0 saturated heterocycles. The number of rotatable bonds is 8. The van der Waals surface area contributed by atoms with Crippen LogP contribution in [-0.4, -0.2) is 26.3 Å². The lowest BCUT2D eigenvalue weighted by atomic mass is 9.98. The largest absolute Gasteiger partial charge is 0.416 e. The van der Waals surface area contributed by atoms with Crippen molar-refractivity contribution in [2.24, 2.45) is 0 Å². The average molecular weight is 384 g/mol. The maximum absolute atomic E-state index is 12.6. The van der Waals surface area contributed by atoms with Gasteiger partial charge in [-0.05, 0) is 38.3 Å². The summed E-state index contributed by atoms with van der Waals surface area (Å²) in [4.78, 5) is 12.6. The van der Waals surface area contributed by atoms with Crippen molar-refractivity contribution >= 4 is 17.5 Å². The van der Waals surface area contributed by atoms with Crippen molar-refractivity contribution in [1.29, 1.82) is 0 Å². The summed E-state index contributed by atoms with van der Waals surface area (Å²) in [7, 11) is 0. The van der Waals surface area contributed by atoms with E-state index in [1.165, 1.54) is 17.3 Å². The fraction of sp³-hybridized carbons (Fsp3) is 0.381. The van der Waals surface area contributed by atoms with Gasteiger partial charge in [0.05, 0.1) is 5.75 Å². The molecule has 2 heterocycles. The first kappa shape index (κ1) is 19.4. The standard InChI is InChI=1S/C21H25N3O2S/c1-5-24-15(3)12-18(16(24)4)19(25)13-27-21-23-22-20(26-21)11-14(2)17-9-7-6-8-10-17/h6-10,12,14H,5,11,13H2,1-4H3. The quantitative estimate of drug-likeness (QED) is 0.412. The SMILES string of the molecule is CCn1c(C)cc(C(=O)CSc2nnc(CC(C)c3ccccc3)o2)c1C. The minimum Gasteiger partial charge on any atom is -0.416 e. The molecule has 27 heavy (non-hydrogen) atoms. The van der Waals surface area contributed by atoms with E-state index in [0.717, 1.165) is 23.5 Å². The number of thioether (sulfide) groups is 1. The maximum atomic E-state index is 12.6. The number of benzene rings is 1. The summed E-state index contributed by atoms with van der Waals surface area (Å²) in [5.74, 6) is 1.28. The van der Waals surface area contributed by atoms with E-state index in [2.05, 4.69) is 40.7 Å². The van der Waals surface area contributed by atoms with Crippen LogP contribution in [0.5, 0.6) is 0 Å². The molecule has 3 aromatic rings. The number of aromatic nitrogens is 3. The Morgan fingerprint density at radius 1 is 1.22 bits per heavy atom. The summed E-state index contributed by atoms with van der Waals surface area (Å²) in [6.07, 6.45) is 0.684. The van der Waals surface area contributed by atoms with Crippen molar-refractivity contribution < 1.29 is 9.21 Å². The Bertz CT molecular complexity index is 915. The van der Waals surface area contributed by atoms with Crippen LogP contribution in [-0.2, 0) is 13.0 Å². The van der Waals surface area contributed by atoms with E-state index in [4.69, 9.17) is 4.42 Å². The Labute approximate surface area is 164 Å². The molecule has 0 bridgehead atoms. The third-order valence-electron chi connectivity index (χ3n) is 4.81. The highest BCUT2D eigenvalue weighted by molar-refractivity contribution is 7.99. The van der Waals surface area contributed by atoms with Gasteiger partial charge in [-0.1, -0.05) is 49.0 Å². The van der Waals surface area contributed by atoms with Gasteiger partial charge in [-0.15, -0.1) is 10.2 Å². The van der Waals surface area contributed by atoms with Crippen molar-refractivity contribution in [1.82, 2.24) is 14.8 Å². The summed E-state index contributed by atoms with van der Waals surface area (Å²) in [5, 5.41) is 8.65. The highest BCUT2D eigenvalue weighted by Gasteiger charge is 2.17. The Morgan fingerprint density at radius 3 is 2.63 bits per heavy atom. The van der Waals surface area contributed by atoms with Gasteiger partial charge in [0.1, 0.15) is 0 Å². The van der Waals surface area contributed by atoms with Gasteiger partial charge in [0.2, 0.25) is 5.89 Å². The molecule has 1 atom stereocenters. The zero-order valence-corrected chi connectivity index (χ0v) is 17.0. The smallest absolute Gasteiger partial charge is 0.277 e. The number of carbonyl (C=O) groups excluding carboxylic acids is 1. The Hall–Kier alpha value is -2.34. The molecule has 2 aromatic heterocycles. The molecule has 0 radical (unpaired) electrons. The third kappa shape index (κ3) is 4.50. The van der Waals surface area contributed by atoms with Gasteiger partial charge in [-0.25, -0.2) is 0 Å². The van der Waals surface area contributed by atoms with E-state index >= 15 is 0 Å². The topological polar surface area (TPSA) is 60.9 Å². The second-order valence-electron chi connectivity index (χ2n) is 6.72. The lowest BCUT2D eigenvalue weighted by Gasteiger charge is -2.08. The fourth-order valence-corrected chi connectivity index (χ4v) is 3.98. The lowest BCUT2D eigenvalue weighted by molar-refractivity contribution is 0.102. The molecule has 0 aliphatic rings. The fourth-order valence-electron chi connectivity index (χ4n) is 3.32. The molecule has 0 fully saturated rings. The molecule has 142 valence electrons. The predicted molar refractivity (Wildman–Crippen MR) is 107 cm³/mol. The second-order valence-corrected chi connectivity index (χ2v) is 7.65. The van der Waals surface area contributed by atoms with E-state index in [1.807, 2.05) is 38.1 Å². The molecular weight excluding hydrogens is 358 g/mol. The Balaban J connectivity index is 1.59. The summed E-state index contributed by atoms with van der Waals surface area (Å²) < 4.78 is 7.87. The van der Waals surface area contributed by atoms with Crippen LogP contribution in [0.1, 0.15) is 53.0 Å². The van der Waals surface area contributed by atoms with Gasteiger partial charge >= 0.3 is 0 Å². The van der Waals surface area contributed by atoms with Gasteiger partial charge in [-0.2, -0.15) is 0 Å². The Kier molecular flexibility index (Phi) is 6.16. The monoisotopic (exact) mass is 383 g/mol. The van der Waals surface area contributed by atoms with Crippen LogP contribution in [0.25, 0.3) is 0 Å². The van der Waals surface area contributed by atoms with Gasteiger partial charge in [0.25, 0.3) is 5.22 Å². The number of aryl methyl sites for hydroxylation is 1. The number of Topliss-reactive ketones (excluding diaryl/α,β-unsaturated/α-hetero) is 1. The minimum absolute atomic E-state index is 0.0882. The summed E-state index contributed by atoms with van der Waals surface area (Å²) in [6.45, 7) is 9.10. The first-order valence-corrected chi connectivity index (χ1v) is 10.2. The zero-order valence-electron chi connectivity index (χ0n) is 16.2.